The molecule has 0 aliphatic heterocycles. The highest BCUT2D eigenvalue weighted by Gasteiger charge is 2.08. The summed E-state index contributed by atoms with van der Waals surface area (Å²) >= 11 is 0. The van der Waals surface area contributed by atoms with Crippen LogP contribution in [-0.4, -0.2) is 40.2 Å². The van der Waals surface area contributed by atoms with Crippen LogP contribution in [0.15, 0.2) is 12.1 Å². The molecule has 0 aromatic carbocycles. The molecule has 5 nitrogen and oxygen atoms in total. The second kappa shape index (κ2) is 7.10. The van der Waals surface area contributed by atoms with Gasteiger partial charge in [0.2, 0.25) is 0 Å². The Bertz CT molecular complexity index is 449. The van der Waals surface area contributed by atoms with E-state index in [9.17, 15) is 9.00 Å². The Labute approximate surface area is 110 Å². The normalized spacial score (nSPS) is 11.9. The van der Waals surface area contributed by atoms with Crippen LogP contribution < -0.4 is 10.6 Å². The smallest absolute Gasteiger partial charge is 0.251 e. The maximum atomic E-state index is 11.9. The Morgan fingerprint density at radius 2 is 2.17 bits per heavy atom. The highest BCUT2D eigenvalue weighted by atomic mass is 32.2. The van der Waals surface area contributed by atoms with Crippen molar-refractivity contribution < 1.29 is 9.00 Å². The van der Waals surface area contributed by atoms with Crippen molar-refractivity contribution in [3.8, 4) is 0 Å². The SMILES string of the molecule is CCNc1cc(C(=O)NCCS(C)=O)cc(C)n1. The quantitative estimate of drug-likeness (QED) is 0.806. The van der Waals surface area contributed by atoms with Crippen LogP contribution in [0.2, 0.25) is 0 Å². The van der Waals surface area contributed by atoms with E-state index in [1.54, 1.807) is 18.4 Å². The Kier molecular flexibility index (Phi) is 5.77. The average Bonchev–Trinajstić information content (AvgIpc) is 2.28. The molecule has 100 valence electrons. The van der Waals surface area contributed by atoms with E-state index >= 15 is 0 Å². The fourth-order valence-electron chi connectivity index (χ4n) is 1.48. The van der Waals surface area contributed by atoms with Crippen LogP contribution >= 0.6 is 0 Å². The third kappa shape index (κ3) is 4.83. The molecule has 1 heterocycles. The number of hydrogen-bond acceptors (Lipinski definition) is 4. The fourth-order valence-corrected chi connectivity index (χ4v) is 1.87. The van der Waals surface area contributed by atoms with Crippen molar-refractivity contribution in [2.45, 2.75) is 13.8 Å². The van der Waals surface area contributed by atoms with Gasteiger partial charge in [-0.15, -0.1) is 0 Å². The molecule has 0 saturated carbocycles. The van der Waals surface area contributed by atoms with E-state index in [2.05, 4.69) is 15.6 Å². The molecule has 1 aromatic rings. The van der Waals surface area contributed by atoms with Crippen molar-refractivity contribution in [2.24, 2.45) is 0 Å². The van der Waals surface area contributed by atoms with Crippen molar-refractivity contribution in [3.05, 3.63) is 23.4 Å². The first-order valence-corrected chi connectivity index (χ1v) is 7.56. The lowest BCUT2D eigenvalue weighted by Gasteiger charge is -2.08. The fraction of sp³-hybridized carbons (Fsp3) is 0.500. The second-order valence-corrected chi connectivity index (χ2v) is 5.50. The van der Waals surface area contributed by atoms with E-state index in [1.165, 1.54) is 0 Å². The molecule has 0 saturated heterocycles. The first-order chi connectivity index (χ1) is 8.52. The predicted molar refractivity (Wildman–Crippen MR) is 74.4 cm³/mol. The molecule has 0 radical (unpaired) electrons. The molecular weight excluding hydrogens is 250 g/mol. The summed E-state index contributed by atoms with van der Waals surface area (Å²) in [5.74, 6) is 1.00. The summed E-state index contributed by atoms with van der Waals surface area (Å²) in [7, 11) is -0.890. The van der Waals surface area contributed by atoms with Gasteiger partial charge < -0.3 is 10.6 Å². The summed E-state index contributed by atoms with van der Waals surface area (Å²) in [6, 6.07) is 3.45. The summed E-state index contributed by atoms with van der Waals surface area (Å²) in [6.07, 6.45) is 1.62. The van der Waals surface area contributed by atoms with Crippen molar-refractivity contribution in [1.82, 2.24) is 10.3 Å². The maximum absolute atomic E-state index is 11.9. The predicted octanol–water partition coefficient (Wildman–Crippen LogP) is 0.930. The maximum Gasteiger partial charge on any atom is 0.251 e. The van der Waals surface area contributed by atoms with Gasteiger partial charge in [0.05, 0.1) is 0 Å². The van der Waals surface area contributed by atoms with Gasteiger partial charge in [-0.2, -0.15) is 0 Å². The average molecular weight is 269 g/mol. The Morgan fingerprint density at radius 1 is 1.44 bits per heavy atom. The summed E-state index contributed by atoms with van der Waals surface area (Å²) in [5, 5.41) is 5.82. The Balaban J connectivity index is 2.69. The molecule has 1 rings (SSSR count). The number of aromatic nitrogens is 1. The zero-order chi connectivity index (χ0) is 13.5. The molecule has 18 heavy (non-hydrogen) atoms. The molecule has 0 aliphatic rings. The van der Waals surface area contributed by atoms with Crippen molar-refractivity contribution >= 4 is 22.5 Å². The lowest BCUT2D eigenvalue weighted by molar-refractivity contribution is 0.0956. The second-order valence-electron chi connectivity index (χ2n) is 3.95. The number of anilines is 1. The lowest BCUT2D eigenvalue weighted by atomic mass is 10.2. The number of carbonyl (C=O) groups excluding carboxylic acids is 1. The van der Waals surface area contributed by atoms with Gasteiger partial charge in [-0.3, -0.25) is 9.00 Å². The van der Waals surface area contributed by atoms with Crippen molar-refractivity contribution in [3.63, 3.8) is 0 Å². The van der Waals surface area contributed by atoms with Crippen LogP contribution in [0, 0.1) is 6.92 Å². The first kappa shape index (κ1) is 14.6. The molecule has 2 N–H and O–H groups in total. The molecule has 1 amide bonds. The topological polar surface area (TPSA) is 71.1 Å². The zero-order valence-electron chi connectivity index (χ0n) is 10.9. The summed E-state index contributed by atoms with van der Waals surface area (Å²) in [4.78, 5) is 16.1. The van der Waals surface area contributed by atoms with Gasteiger partial charge in [0, 0.05) is 47.2 Å². The number of aryl methyl sites for hydroxylation is 1. The highest BCUT2D eigenvalue weighted by molar-refractivity contribution is 7.84. The number of amides is 1. The molecule has 1 unspecified atom stereocenters. The standard InChI is InChI=1S/C12H19N3O2S/c1-4-13-11-8-10(7-9(2)15-11)12(16)14-5-6-18(3)17/h7-8H,4-6H2,1-3H3,(H,13,15)(H,14,16). The van der Waals surface area contributed by atoms with Gasteiger partial charge in [-0.1, -0.05) is 0 Å². The minimum Gasteiger partial charge on any atom is -0.370 e. The summed E-state index contributed by atoms with van der Waals surface area (Å²) in [5.41, 5.74) is 1.36. The highest BCUT2D eigenvalue weighted by Crippen LogP contribution is 2.09. The molecular formula is C12H19N3O2S. The number of nitrogens with one attached hydrogen (secondary N) is 2. The van der Waals surface area contributed by atoms with Gasteiger partial charge in [0.1, 0.15) is 5.82 Å². The number of pyridine rings is 1. The molecule has 0 bridgehead atoms. The van der Waals surface area contributed by atoms with Gasteiger partial charge in [0.25, 0.3) is 5.91 Å². The van der Waals surface area contributed by atoms with Gasteiger partial charge in [-0.05, 0) is 26.0 Å². The van der Waals surface area contributed by atoms with E-state index in [-0.39, 0.29) is 5.91 Å². The Hall–Kier alpha value is -1.43. The molecule has 0 spiro atoms. The van der Waals surface area contributed by atoms with Gasteiger partial charge >= 0.3 is 0 Å². The van der Waals surface area contributed by atoms with Gasteiger partial charge in [-0.25, -0.2) is 4.98 Å². The van der Waals surface area contributed by atoms with Crippen LogP contribution in [-0.2, 0) is 10.8 Å². The van der Waals surface area contributed by atoms with Gasteiger partial charge in [0.15, 0.2) is 0 Å². The molecule has 6 heteroatoms. The minimum atomic E-state index is -0.890. The zero-order valence-corrected chi connectivity index (χ0v) is 11.8. The van der Waals surface area contributed by atoms with Crippen LogP contribution in [0.1, 0.15) is 23.0 Å². The monoisotopic (exact) mass is 269 g/mol. The van der Waals surface area contributed by atoms with Crippen LogP contribution in [0.3, 0.4) is 0 Å². The van der Waals surface area contributed by atoms with E-state index in [0.29, 0.717) is 23.7 Å². The minimum absolute atomic E-state index is 0.162. The molecule has 1 atom stereocenters. The molecule has 0 fully saturated rings. The van der Waals surface area contributed by atoms with Crippen molar-refractivity contribution in [1.29, 1.82) is 0 Å². The third-order valence-corrected chi connectivity index (χ3v) is 3.03. The van der Waals surface area contributed by atoms with Crippen LogP contribution in [0.4, 0.5) is 5.82 Å². The molecule has 0 aliphatic carbocycles. The number of rotatable bonds is 6. The lowest BCUT2D eigenvalue weighted by Crippen LogP contribution is -2.27. The van der Waals surface area contributed by atoms with Crippen LogP contribution in [0.5, 0.6) is 0 Å². The number of hydrogen-bond donors (Lipinski definition) is 2. The largest absolute Gasteiger partial charge is 0.370 e. The van der Waals surface area contributed by atoms with Crippen LogP contribution in [0.25, 0.3) is 0 Å². The summed E-state index contributed by atoms with van der Waals surface area (Å²) < 4.78 is 10.9. The number of nitrogens with zero attached hydrogens (tertiary/aromatic N) is 1. The van der Waals surface area contributed by atoms with E-state index in [1.807, 2.05) is 13.8 Å². The van der Waals surface area contributed by atoms with Crippen molar-refractivity contribution in [2.75, 3.05) is 30.4 Å². The van der Waals surface area contributed by atoms with E-state index in [4.69, 9.17) is 0 Å². The molecule has 1 aromatic heterocycles. The van der Waals surface area contributed by atoms with E-state index < -0.39 is 10.8 Å². The summed E-state index contributed by atoms with van der Waals surface area (Å²) in [6.45, 7) is 4.99. The third-order valence-electron chi connectivity index (χ3n) is 2.25. The Morgan fingerprint density at radius 3 is 2.78 bits per heavy atom. The first-order valence-electron chi connectivity index (χ1n) is 5.83. The van der Waals surface area contributed by atoms with E-state index in [0.717, 1.165) is 12.2 Å². The number of carbonyl (C=O) groups is 1.